The highest BCUT2D eigenvalue weighted by Crippen LogP contribution is 2.22. The van der Waals surface area contributed by atoms with E-state index in [0.717, 1.165) is 12.4 Å². The zero-order valence-corrected chi connectivity index (χ0v) is 10.0. The molecule has 0 bridgehead atoms. The first-order chi connectivity index (χ1) is 8.13. The molecule has 0 aliphatic rings. The molecule has 2 aromatic rings. The third-order valence-electron chi connectivity index (χ3n) is 2.89. The van der Waals surface area contributed by atoms with Gasteiger partial charge in [-0.25, -0.2) is 4.98 Å². The molecule has 0 spiro atoms. The Morgan fingerprint density at radius 3 is 2.88 bits per heavy atom. The van der Waals surface area contributed by atoms with Crippen molar-refractivity contribution in [1.29, 1.82) is 0 Å². The van der Waals surface area contributed by atoms with E-state index < -0.39 is 6.10 Å². The average molecular weight is 235 g/mol. The number of anilines is 1. The predicted molar refractivity (Wildman–Crippen MR) is 64.2 cm³/mol. The number of imidazole rings is 1. The van der Waals surface area contributed by atoms with E-state index in [0.29, 0.717) is 17.8 Å². The highest BCUT2D eigenvalue weighted by molar-refractivity contribution is 5.40. The van der Waals surface area contributed by atoms with Gasteiger partial charge < -0.3 is 15.4 Å². The van der Waals surface area contributed by atoms with Gasteiger partial charge in [-0.3, -0.25) is 4.68 Å². The summed E-state index contributed by atoms with van der Waals surface area (Å²) in [6, 6.07) is 0. The maximum Gasteiger partial charge on any atom is 0.127 e. The quantitative estimate of drug-likeness (QED) is 0.808. The van der Waals surface area contributed by atoms with Gasteiger partial charge in [-0.15, -0.1) is 0 Å². The van der Waals surface area contributed by atoms with Crippen LogP contribution in [0.15, 0.2) is 18.6 Å². The van der Waals surface area contributed by atoms with Gasteiger partial charge in [-0.05, 0) is 6.92 Å². The summed E-state index contributed by atoms with van der Waals surface area (Å²) in [4.78, 5) is 4.22. The number of aromatic nitrogens is 4. The number of nitrogen functional groups attached to an aromatic ring is 1. The number of rotatable bonds is 4. The van der Waals surface area contributed by atoms with E-state index in [1.807, 2.05) is 17.7 Å². The molecule has 0 saturated carbocycles. The minimum absolute atomic E-state index is 0.441. The fourth-order valence-electron chi connectivity index (χ4n) is 1.82. The first-order valence-corrected chi connectivity index (χ1v) is 5.59. The van der Waals surface area contributed by atoms with Crippen molar-refractivity contribution in [3.05, 3.63) is 30.0 Å². The van der Waals surface area contributed by atoms with E-state index in [4.69, 9.17) is 5.73 Å². The van der Waals surface area contributed by atoms with Crippen LogP contribution in [0.25, 0.3) is 0 Å². The third-order valence-corrected chi connectivity index (χ3v) is 2.89. The number of aryl methyl sites for hydroxylation is 2. The standard InChI is InChI=1S/C11H17N5O/c1-3-16-5-4-13-10(16)6-9(17)8-7-14-15(2)11(8)12/h4-5,7,9,17H,3,6,12H2,1-2H3. The Kier molecular flexibility index (Phi) is 3.14. The Morgan fingerprint density at radius 1 is 1.53 bits per heavy atom. The van der Waals surface area contributed by atoms with E-state index in [9.17, 15) is 5.11 Å². The van der Waals surface area contributed by atoms with Crippen molar-refractivity contribution in [3.63, 3.8) is 0 Å². The van der Waals surface area contributed by atoms with Gasteiger partial charge in [-0.1, -0.05) is 0 Å². The van der Waals surface area contributed by atoms with Crippen LogP contribution in [0.5, 0.6) is 0 Å². The smallest absolute Gasteiger partial charge is 0.127 e. The van der Waals surface area contributed by atoms with Gasteiger partial charge in [-0.2, -0.15) is 5.10 Å². The van der Waals surface area contributed by atoms with Gasteiger partial charge in [0.15, 0.2) is 0 Å². The van der Waals surface area contributed by atoms with Crippen molar-refractivity contribution >= 4 is 5.82 Å². The lowest BCUT2D eigenvalue weighted by Crippen LogP contribution is -2.10. The summed E-state index contributed by atoms with van der Waals surface area (Å²) in [6.45, 7) is 2.88. The lowest BCUT2D eigenvalue weighted by molar-refractivity contribution is 0.175. The van der Waals surface area contributed by atoms with Crippen molar-refractivity contribution in [2.24, 2.45) is 7.05 Å². The van der Waals surface area contributed by atoms with Crippen LogP contribution in [0.2, 0.25) is 0 Å². The lowest BCUT2D eigenvalue weighted by Gasteiger charge is -2.10. The van der Waals surface area contributed by atoms with Gasteiger partial charge in [0.1, 0.15) is 11.6 Å². The lowest BCUT2D eigenvalue weighted by atomic mass is 10.1. The predicted octanol–water partition coefficient (Wildman–Crippen LogP) is 0.495. The Bertz CT molecular complexity index is 502. The van der Waals surface area contributed by atoms with Crippen LogP contribution >= 0.6 is 0 Å². The number of aliphatic hydroxyl groups is 1. The maximum atomic E-state index is 10.1. The molecule has 0 aliphatic carbocycles. The number of aliphatic hydroxyl groups excluding tert-OH is 1. The monoisotopic (exact) mass is 235 g/mol. The van der Waals surface area contributed by atoms with Crippen LogP contribution in [-0.2, 0) is 20.0 Å². The van der Waals surface area contributed by atoms with Crippen LogP contribution in [-0.4, -0.2) is 24.4 Å². The molecule has 0 radical (unpaired) electrons. The van der Waals surface area contributed by atoms with Gasteiger partial charge in [0, 0.05) is 38.0 Å². The second kappa shape index (κ2) is 4.58. The van der Waals surface area contributed by atoms with Crippen LogP contribution < -0.4 is 5.73 Å². The molecule has 6 heteroatoms. The zero-order chi connectivity index (χ0) is 12.4. The van der Waals surface area contributed by atoms with Gasteiger partial charge in [0.05, 0.1) is 12.3 Å². The Labute approximate surface area is 99.7 Å². The van der Waals surface area contributed by atoms with E-state index in [1.54, 1.807) is 24.1 Å². The van der Waals surface area contributed by atoms with Gasteiger partial charge in [0.25, 0.3) is 0 Å². The first-order valence-electron chi connectivity index (χ1n) is 5.59. The molecular formula is C11H17N5O. The molecule has 1 atom stereocenters. The maximum absolute atomic E-state index is 10.1. The Morgan fingerprint density at radius 2 is 2.29 bits per heavy atom. The highest BCUT2D eigenvalue weighted by Gasteiger charge is 2.17. The second-order valence-corrected chi connectivity index (χ2v) is 3.96. The third kappa shape index (κ3) is 2.16. The van der Waals surface area contributed by atoms with Crippen LogP contribution in [0.3, 0.4) is 0 Å². The number of nitrogens with zero attached hydrogens (tertiary/aromatic N) is 4. The van der Waals surface area contributed by atoms with Crippen molar-refractivity contribution in [2.45, 2.75) is 26.0 Å². The van der Waals surface area contributed by atoms with Crippen molar-refractivity contribution in [2.75, 3.05) is 5.73 Å². The molecule has 2 rings (SSSR count). The topological polar surface area (TPSA) is 81.9 Å². The molecule has 3 N–H and O–H groups in total. The number of hydrogen-bond donors (Lipinski definition) is 2. The van der Waals surface area contributed by atoms with Crippen molar-refractivity contribution < 1.29 is 5.11 Å². The molecule has 0 amide bonds. The second-order valence-electron chi connectivity index (χ2n) is 3.96. The molecule has 17 heavy (non-hydrogen) atoms. The van der Waals surface area contributed by atoms with Crippen LogP contribution in [0.4, 0.5) is 5.82 Å². The summed E-state index contributed by atoms with van der Waals surface area (Å²) < 4.78 is 3.54. The van der Waals surface area contributed by atoms with E-state index in [2.05, 4.69) is 10.1 Å². The summed E-state index contributed by atoms with van der Waals surface area (Å²) in [5.41, 5.74) is 6.47. The molecule has 6 nitrogen and oxygen atoms in total. The van der Waals surface area contributed by atoms with Crippen molar-refractivity contribution in [1.82, 2.24) is 19.3 Å². The summed E-state index contributed by atoms with van der Waals surface area (Å²) >= 11 is 0. The molecular weight excluding hydrogens is 218 g/mol. The zero-order valence-electron chi connectivity index (χ0n) is 10.0. The molecule has 0 saturated heterocycles. The average Bonchev–Trinajstić information content (AvgIpc) is 2.87. The molecule has 2 aromatic heterocycles. The largest absolute Gasteiger partial charge is 0.388 e. The summed E-state index contributed by atoms with van der Waals surface area (Å²) in [5.74, 6) is 1.34. The Balaban J connectivity index is 2.17. The van der Waals surface area contributed by atoms with Gasteiger partial charge in [0.2, 0.25) is 0 Å². The fraction of sp³-hybridized carbons (Fsp3) is 0.455. The molecule has 92 valence electrons. The minimum atomic E-state index is -0.670. The fourth-order valence-corrected chi connectivity index (χ4v) is 1.82. The summed E-state index contributed by atoms with van der Waals surface area (Å²) in [7, 11) is 1.75. The minimum Gasteiger partial charge on any atom is -0.388 e. The highest BCUT2D eigenvalue weighted by atomic mass is 16.3. The molecule has 1 unspecified atom stereocenters. The van der Waals surface area contributed by atoms with Gasteiger partial charge >= 0.3 is 0 Å². The number of nitrogens with two attached hydrogens (primary N) is 1. The first kappa shape index (κ1) is 11.7. The van der Waals surface area contributed by atoms with E-state index in [-0.39, 0.29) is 0 Å². The van der Waals surface area contributed by atoms with Crippen molar-refractivity contribution in [3.8, 4) is 0 Å². The molecule has 2 heterocycles. The molecule has 0 aliphatic heterocycles. The SMILES string of the molecule is CCn1ccnc1CC(O)c1cnn(C)c1N. The molecule has 0 aromatic carbocycles. The van der Waals surface area contributed by atoms with E-state index >= 15 is 0 Å². The summed E-state index contributed by atoms with van der Waals surface area (Å²) in [5, 5.41) is 14.1. The normalized spacial score (nSPS) is 12.9. The van der Waals surface area contributed by atoms with Crippen LogP contribution in [0.1, 0.15) is 24.4 Å². The number of hydrogen-bond acceptors (Lipinski definition) is 4. The van der Waals surface area contributed by atoms with Crippen LogP contribution in [0, 0.1) is 0 Å². The Hall–Kier alpha value is -1.82. The summed E-state index contributed by atoms with van der Waals surface area (Å²) in [6.07, 6.45) is 5.00. The molecule has 0 fully saturated rings. The van der Waals surface area contributed by atoms with E-state index in [1.165, 1.54) is 0 Å².